The minimum Gasteiger partial charge on any atom is -0.480 e. The van der Waals surface area contributed by atoms with Gasteiger partial charge in [0.2, 0.25) is 0 Å². The second kappa shape index (κ2) is 8.10. The van der Waals surface area contributed by atoms with Crippen molar-refractivity contribution < 1.29 is 14.7 Å². The summed E-state index contributed by atoms with van der Waals surface area (Å²) in [6, 6.07) is 13.8. The van der Waals surface area contributed by atoms with Gasteiger partial charge in [-0.05, 0) is 42.0 Å². The molecule has 3 atom stereocenters. The van der Waals surface area contributed by atoms with Crippen molar-refractivity contribution in [3.8, 4) is 0 Å². The van der Waals surface area contributed by atoms with E-state index in [9.17, 15) is 19.5 Å². The first-order valence-electron chi connectivity index (χ1n) is 8.53. The van der Waals surface area contributed by atoms with Crippen molar-refractivity contribution in [1.82, 2.24) is 4.98 Å². The van der Waals surface area contributed by atoms with E-state index in [4.69, 9.17) is 11.6 Å². The predicted molar refractivity (Wildman–Crippen MR) is 117 cm³/mol. The van der Waals surface area contributed by atoms with Crippen molar-refractivity contribution >= 4 is 62.4 Å². The molecule has 0 radical (unpaired) electrons. The summed E-state index contributed by atoms with van der Waals surface area (Å²) in [5, 5.41) is 9.87. The highest BCUT2D eigenvalue weighted by molar-refractivity contribution is 9.10. The molecule has 4 rings (SSSR count). The van der Waals surface area contributed by atoms with Gasteiger partial charge in [0.25, 0.3) is 0 Å². The van der Waals surface area contributed by atoms with Gasteiger partial charge in [-0.2, -0.15) is 0 Å². The number of aliphatic carboxylic acids is 1. The molecule has 1 aliphatic rings. The van der Waals surface area contributed by atoms with E-state index in [2.05, 4.69) is 20.9 Å². The van der Waals surface area contributed by atoms with Gasteiger partial charge in [-0.3, -0.25) is 14.4 Å². The fourth-order valence-corrected chi connectivity index (χ4v) is 6.29. The zero-order chi connectivity index (χ0) is 20.7. The van der Waals surface area contributed by atoms with E-state index >= 15 is 0 Å². The van der Waals surface area contributed by atoms with E-state index in [1.165, 1.54) is 0 Å². The van der Waals surface area contributed by atoms with Gasteiger partial charge in [0, 0.05) is 25.9 Å². The van der Waals surface area contributed by atoms with Gasteiger partial charge in [0.15, 0.2) is 5.78 Å². The van der Waals surface area contributed by atoms with Gasteiger partial charge in [0.1, 0.15) is 5.25 Å². The number of thiazole rings is 1. The summed E-state index contributed by atoms with van der Waals surface area (Å²) in [6.07, 6.45) is 0. The van der Waals surface area contributed by atoms with E-state index in [-0.39, 0.29) is 10.7 Å². The number of aromatic amines is 1. The fourth-order valence-electron chi connectivity index (χ4n) is 3.48. The molecule has 9 heteroatoms. The molecule has 0 fully saturated rings. The topological polar surface area (TPSA) is 87.2 Å². The lowest BCUT2D eigenvalue weighted by molar-refractivity contribution is -0.137. The number of rotatable bonds is 4. The number of fused-ring (bicyclic) bond motifs is 1. The average molecular weight is 511 g/mol. The Balaban J connectivity index is 1.90. The van der Waals surface area contributed by atoms with Gasteiger partial charge >= 0.3 is 10.8 Å². The molecule has 5 nitrogen and oxygen atoms in total. The number of H-pyrrole nitrogens is 1. The Bertz CT molecular complexity index is 1140. The molecule has 2 N–H and O–H groups in total. The van der Waals surface area contributed by atoms with Crippen LogP contribution in [0.1, 0.15) is 26.7 Å². The van der Waals surface area contributed by atoms with E-state index in [1.54, 1.807) is 24.3 Å². The van der Waals surface area contributed by atoms with Crippen LogP contribution >= 0.6 is 50.6 Å². The Labute approximate surface area is 187 Å². The Hall–Kier alpha value is -1.87. The van der Waals surface area contributed by atoms with Crippen LogP contribution in [0.4, 0.5) is 0 Å². The maximum absolute atomic E-state index is 13.5. The smallest absolute Gasteiger partial charge is 0.317 e. The van der Waals surface area contributed by atoms with Crippen LogP contribution in [-0.4, -0.2) is 27.1 Å². The maximum Gasteiger partial charge on any atom is 0.317 e. The number of Topliss-reactive ketones (excluding diaryl/α,β-unsaturated/α-hetero) is 1. The van der Waals surface area contributed by atoms with Crippen LogP contribution in [0.2, 0.25) is 5.02 Å². The summed E-state index contributed by atoms with van der Waals surface area (Å²) in [5.41, 5.74) is 1.17. The molecule has 1 aliphatic heterocycles. The first kappa shape index (κ1) is 20.4. The number of halogens is 2. The van der Waals surface area contributed by atoms with Gasteiger partial charge in [-0.15, -0.1) is 0 Å². The quantitative estimate of drug-likeness (QED) is 0.480. The lowest BCUT2D eigenvalue weighted by Crippen LogP contribution is -2.39. The Morgan fingerprint density at radius 3 is 2.34 bits per heavy atom. The van der Waals surface area contributed by atoms with Crippen molar-refractivity contribution in [1.29, 1.82) is 0 Å². The number of nitrogens with one attached hydrogen (secondary N) is 1. The van der Waals surface area contributed by atoms with Crippen LogP contribution in [0.5, 0.6) is 0 Å². The molecule has 2 heterocycles. The van der Waals surface area contributed by atoms with Crippen LogP contribution < -0.4 is 4.87 Å². The number of thioether (sulfide) groups is 1. The van der Waals surface area contributed by atoms with E-state index in [1.807, 2.05) is 24.3 Å². The lowest BCUT2D eigenvalue weighted by atomic mass is 9.78. The highest BCUT2D eigenvalue weighted by Gasteiger charge is 2.47. The molecule has 2 aromatic carbocycles. The number of carboxylic acids is 1. The van der Waals surface area contributed by atoms with Crippen molar-refractivity contribution in [2.24, 2.45) is 5.92 Å². The van der Waals surface area contributed by atoms with Crippen molar-refractivity contribution in [3.63, 3.8) is 0 Å². The van der Waals surface area contributed by atoms with Gasteiger partial charge < -0.3 is 10.1 Å². The maximum atomic E-state index is 13.5. The first-order valence-corrected chi connectivity index (χ1v) is 11.4. The van der Waals surface area contributed by atoms with Crippen LogP contribution in [-0.2, 0) is 4.79 Å². The molecular formula is C20H13BrClNO4S2. The second-order valence-corrected chi connectivity index (χ2v) is 10.0. The molecule has 0 bridgehead atoms. The van der Waals surface area contributed by atoms with Crippen molar-refractivity contribution in [2.45, 2.75) is 16.2 Å². The lowest BCUT2D eigenvalue weighted by Gasteiger charge is -2.34. The summed E-state index contributed by atoms with van der Waals surface area (Å²) in [7, 11) is 0. The van der Waals surface area contributed by atoms with Gasteiger partial charge in [-0.25, -0.2) is 0 Å². The SMILES string of the molecule is O=C(c1ccc(Cl)cc1)[C@@H]1[C@H](c2ccc(Br)cc2)c2sc(=O)[nH]c2S[C@H]1C(=O)O. The number of benzene rings is 2. The highest BCUT2D eigenvalue weighted by atomic mass is 79.9. The Morgan fingerprint density at radius 1 is 1.07 bits per heavy atom. The molecule has 148 valence electrons. The van der Waals surface area contributed by atoms with Crippen LogP contribution in [0.3, 0.4) is 0 Å². The van der Waals surface area contributed by atoms with Crippen LogP contribution in [0.25, 0.3) is 0 Å². The zero-order valence-corrected chi connectivity index (χ0v) is 18.6. The molecular weight excluding hydrogens is 498 g/mol. The zero-order valence-electron chi connectivity index (χ0n) is 14.6. The number of hydrogen-bond donors (Lipinski definition) is 2. The third-order valence-electron chi connectivity index (χ3n) is 4.76. The average Bonchev–Trinajstić information content (AvgIpc) is 3.07. The minimum atomic E-state index is -1.10. The van der Waals surface area contributed by atoms with Crippen LogP contribution in [0.15, 0.2) is 62.8 Å². The predicted octanol–water partition coefficient (Wildman–Crippen LogP) is 5.04. The number of carbonyl (C=O) groups is 2. The summed E-state index contributed by atoms with van der Waals surface area (Å²) in [5.74, 6) is -2.81. The van der Waals surface area contributed by atoms with E-state index in [0.29, 0.717) is 20.5 Å². The van der Waals surface area contributed by atoms with Gasteiger partial charge in [-0.1, -0.05) is 62.8 Å². The Kier molecular flexibility index (Phi) is 5.70. The summed E-state index contributed by atoms with van der Waals surface area (Å²) in [4.78, 5) is 40.8. The molecule has 0 aliphatic carbocycles. The normalized spacial score (nSPS) is 20.8. The molecule has 29 heavy (non-hydrogen) atoms. The third-order valence-corrected chi connectivity index (χ3v) is 7.94. The molecule has 0 unspecified atom stereocenters. The largest absolute Gasteiger partial charge is 0.480 e. The van der Waals surface area contributed by atoms with Crippen molar-refractivity contribution in [2.75, 3.05) is 0 Å². The number of aromatic nitrogens is 1. The number of carbonyl (C=O) groups excluding carboxylic acids is 1. The summed E-state index contributed by atoms with van der Waals surface area (Å²) < 4.78 is 0.865. The van der Waals surface area contributed by atoms with Crippen molar-refractivity contribution in [3.05, 3.63) is 83.7 Å². The fraction of sp³-hybridized carbons (Fsp3) is 0.150. The Morgan fingerprint density at radius 2 is 1.72 bits per heavy atom. The minimum absolute atomic E-state index is 0.270. The molecule has 0 amide bonds. The first-order chi connectivity index (χ1) is 13.8. The molecule has 0 saturated heterocycles. The summed E-state index contributed by atoms with van der Waals surface area (Å²) in [6.45, 7) is 0. The molecule has 0 spiro atoms. The third kappa shape index (κ3) is 3.94. The monoisotopic (exact) mass is 509 g/mol. The molecule has 1 aromatic heterocycles. The molecule has 3 aromatic rings. The molecule has 0 saturated carbocycles. The number of hydrogen-bond acceptors (Lipinski definition) is 5. The van der Waals surface area contributed by atoms with Gasteiger partial charge in [0.05, 0.1) is 10.9 Å². The summed E-state index contributed by atoms with van der Waals surface area (Å²) >= 11 is 11.4. The second-order valence-electron chi connectivity index (χ2n) is 6.51. The number of carboxylic acid groups (broad SMARTS) is 1. The highest BCUT2D eigenvalue weighted by Crippen LogP contribution is 2.50. The van der Waals surface area contributed by atoms with E-state index in [0.717, 1.165) is 33.1 Å². The number of ketones is 1. The standard InChI is InChI=1S/C20H13BrClNO4S2/c21-11-5-1-9(2-6-11)13-14(15(24)10-3-7-12(22)8-4-10)17(19(25)26)28-18-16(13)29-20(27)23-18/h1-8,13-14,17H,(H,23,27)(H,25,26)/t13-,14-,17+/m0/s1. The van der Waals surface area contributed by atoms with Crippen LogP contribution in [0, 0.1) is 5.92 Å². The van der Waals surface area contributed by atoms with E-state index < -0.39 is 23.1 Å².